The number of rotatable bonds is 5. The first kappa shape index (κ1) is 12.9. The molecular formula is C13H22GaN. The summed E-state index contributed by atoms with van der Waals surface area (Å²) in [7, 11) is 4.30. The van der Waals surface area contributed by atoms with Crippen LogP contribution in [-0.4, -0.2) is 35.2 Å². The Morgan fingerprint density at radius 3 is 2.20 bits per heavy atom. The molecule has 0 bridgehead atoms. The zero-order chi connectivity index (χ0) is 11.3. The summed E-state index contributed by atoms with van der Waals surface area (Å²) in [5.41, 5.74) is 1.57. The SMILES string of the molecule is C[CH2][Ga]([CH2]C)[c]1ccccc1CN(C)C. The first-order valence-electron chi connectivity index (χ1n) is 5.91. The monoisotopic (exact) mass is 261 g/mol. The summed E-state index contributed by atoms with van der Waals surface area (Å²) in [6.45, 7) is 5.82. The van der Waals surface area contributed by atoms with Crippen molar-refractivity contribution in [2.45, 2.75) is 30.3 Å². The van der Waals surface area contributed by atoms with Gasteiger partial charge in [-0.05, 0) is 0 Å². The Bertz CT molecular complexity index is 292. The van der Waals surface area contributed by atoms with Crippen molar-refractivity contribution in [2.24, 2.45) is 0 Å². The third kappa shape index (κ3) is 3.71. The van der Waals surface area contributed by atoms with Crippen molar-refractivity contribution in [3.8, 4) is 0 Å². The molecule has 0 aliphatic heterocycles. The van der Waals surface area contributed by atoms with Crippen LogP contribution in [0.1, 0.15) is 19.4 Å². The van der Waals surface area contributed by atoms with Gasteiger partial charge in [-0.1, -0.05) is 0 Å². The standard InChI is InChI=1S/C9H12N.2C2H5.Ga/c1-10(2)8-9-6-4-3-5-7-9;2*1-2;/h3-6H,8H2,1-2H3;2*1H2,2H3;. The molecule has 15 heavy (non-hydrogen) atoms. The van der Waals surface area contributed by atoms with Crippen molar-refractivity contribution >= 4 is 20.3 Å². The maximum absolute atomic E-state index is 2.37. The van der Waals surface area contributed by atoms with Gasteiger partial charge in [0, 0.05) is 0 Å². The van der Waals surface area contributed by atoms with Gasteiger partial charge in [0.2, 0.25) is 0 Å². The Morgan fingerprint density at radius 2 is 1.67 bits per heavy atom. The molecular weight excluding hydrogens is 240 g/mol. The summed E-state index contributed by atoms with van der Waals surface area (Å²) < 4.78 is 1.73. The van der Waals surface area contributed by atoms with E-state index in [1.54, 1.807) is 9.68 Å². The van der Waals surface area contributed by atoms with E-state index >= 15 is 0 Å². The molecule has 1 aromatic carbocycles. The van der Waals surface area contributed by atoms with Gasteiger partial charge in [0.1, 0.15) is 0 Å². The number of hydrogen-bond acceptors (Lipinski definition) is 1. The van der Waals surface area contributed by atoms with Crippen LogP contribution in [0.2, 0.25) is 9.95 Å². The molecule has 0 unspecified atom stereocenters. The summed E-state index contributed by atoms with van der Waals surface area (Å²) in [6.07, 6.45) is 0. The van der Waals surface area contributed by atoms with E-state index in [-0.39, 0.29) is 0 Å². The van der Waals surface area contributed by atoms with Gasteiger partial charge < -0.3 is 0 Å². The molecule has 0 amide bonds. The molecule has 82 valence electrons. The Morgan fingerprint density at radius 1 is 1.07 bits per heavy atom. The van der Waals surface area contributed by atoms with Crippen molar-refractivity contribution in [1.29, 1.82) is 0 Å². The van der Waals surface area contributed by atoms with Crippen molar-refractivity contribution in [3.05, 3.63) is 29.8 Å². The topological polar surface area (TPSA) is 3.24 Å². The van der Waals surface area contributed by atoms with E-state index in [1.807, 2.05) is 0 Å². The Hall–Kier alpha value is -0.184. The molecule has 0 aliphatic carbocycles. The van der Waals surface area contributed by atoms with Crippen LogP contribution in [0.3, 0.4) is 0 Å². The fraction of sp³-hybridized carbons (Fsp3) is 0.538. The minimum absolute atomic E-state index is 1.10. The first-order valence-corrected chi connectivity index (χ1v) is 10.5. The molecule has 2 heteroatoms. The molecule has 0 saturated heterocycles. The number of benzene rings is 1. The van der Waals surface area contributed by atoms with Gasteiger partial charge in [0.05, 0.1) is 0 Å². The van der Waals surface area contributed by atoms with E-state index in [2.05, 4.69) is 57.1 Å². The van der Waals surface area contributed by atoms with Crippen LogP contribution in [0.25, 0.3) is 0 Å². The molecule has 1 rings (SSSR count). The Balaban J connectivity index is 2.94. The van der Waals surface area contributed by atoms with Gasteiger partial charge in [-0.15, -0.1) is 0 Å². The summed E-state index contributed by atoms with van der Waals surface area (Å²) >= 11 is -1.16. The zero-order valence-electron chi connectivity index (χ0n) is 10.5. The van der Waals surface area contributed by atoms with Crippen LogP contribution in [0.15, 0.2) is 24.3 Å². The molecule has 0 spiro atoms. The quantitative estimate of drug-likeness (QED) is 0.737. The molecule has 1 aromatic rings. The summed E-state index contributed by atoms with van der Waals surface area (Å²) in [5, 5.41) is 0. The molecule has 0 aliphatic rings. The van der Waals surface area contributed by atoms with E-state index < -0.39 is 16.2 Å². The van der Waals surface area contributed by atoms with Gasteiger partial charge >= 0.3 is 99.5 Å². The zero-order valence-corrected chi connectivity index (χ0v) is 12.9. The molecule has 0 atom stereocenters. The molecule has 0 fully saturated rings. The molecule has 0 heterocycles. The third-order valence-electron chi connectivity index (χ3n) is 2.97. The Kier molecular flexibility index (Phi) is 5.51. The fourth-order valence-electron chi connectivity index (χ4n) is 2.15. The van der Waals surface area contributed by atoms with Gasteiger partial charge in [-0.25, -0.2) is 0 Å². The van der Waals surface area contributed by atoms with Crippen molar-refractivity contribution in [2.75, 3.05) is 14.1 Å². The normalized spacial score (nSPS) is 10.7. The van der Waals surface area contributed by atoms with Gasteiger partial charge in [0.25, 0.3) is 0 Å². The number of hydrogen-bond donors (Lipinski definition) is 0. The van der Waals surface area contributed by atoms with Crippen LogP contribution < -0.4 is 4.12 Å². The first-order chi connectivity index (χ1) is 7.19. The number of nitrogens with zero attached hydrogens (tertiary/aromatic N) is 1. The second-order valence-corrected chi connectivity index (χ2v) is 12.1. The van der Waals surface area contributed by atoms with E-state index in [0.29, 0.717) is 0 Å². The fourth-order valence-corrected chi connectivity index (χ4v) is 7.50. The Labute approximate surface area is 99.5 Å². The van der Waals surface area contributed by atoms with Crippen LogP contribution in [0, 0.1) is 0 Å². The van der Waals surface area contributed by atoms with Crippen molar-refractivity contribution in [1.82, 2.24) is 4.90 Å². The molecule has 0 radical (unpaired) electrons. The second-order valence-electron chi connectivity index (χ2n) is 4.45. The van der Waals surface area contributed by atoms with Crippen molar-refractivity contribution in [3.63, 3.8) is 0 Å². The van der Waals surface area contributed by atoms with Crippen LogP contribution in [0.4, 0.5) is 0 Å². The summed E-state index contributed by atoms with van der Waals surface area (Å²) in [4.78, 5) is 5.12. The predicted octanol–water partition coefficient (Wildman–Crippen LogP) is 2.49. The summed E-state index contributed by atoms with van der Waals surface area (Å²) in [6, 6.07) is 9.06. The second kappa shape index (κ2) is 6.41. The van der Waals surface area contributed by atoms with Crippen LogP contribution >= 0.6 is 0 Å². The van der Waals surface area contributed by atoms with Crippen molar-refractivity contribution < 1.29 is 0 Å². The van der Waals surface area contributed by atoms with Gasteiger partial charge in [-0.2, -0.15) is 0 Å². The molecule has 0 aromatic heterocycles. The predicted molar refractivity (Wildman–Crippen MR) is 70.2 cm³/mol. The van der Waals surface area contributed by atoms with E-state index in [0.717, 1.165) is 6.54 Å². The van der Waals surface area contributed by atoms with Crippen LogP contribution in [0.5, 0.6) is 0 Å². The maximum atomic E-state index is 2.37. The molecule has 1 nitrogen and oxygen atoms in total. The molecule has 0 saturated carbocycles. The van der Waals surface area contributed by atoms with E-state index in [9.17, 15) is 0 Å². The van der Waals surface area contributed by atoms with Crippen LogP contribution in [-0.2, 0) is 6.54 Å². The van der Waals surface area contributed by atoms with E-state index in [4.69, 9.17) is 0 Å². The van der Waals surface area contributed by atoms with Gasteiger partial charge in [-0.3, -0.25) is 0 Å². The molecule has 0 N–H and O–H groups in total. The summed E-state index contributed by atoms with van der Waals surface area (Å²) in [5.74, 6) is 0. The van der Waals surface area contributed by atoms with Gasteiger partial charge in [0.15, 0.2) is 0 Å². The average Bonchev–Trinajstić information content (AvgIpc) is 2.21. The minimum atomic E-state index is -1.16. The van der Waals surface area contributed by atoms with E-state index in [1.165, 1.54) is 9.95 Å². The third-order valence-corrected chi connectivity index (χ3v) is 10.1. The average molecular weight is 262 g/mol.